The molecule has 9 nitrogen and oxygen atoms in total. The van der Waals surface area contributed by atoms with Gasteiger partial charge < -0.3 is 19.0 Å². The van der Waals surface area contributed by atoms with Crippen LogP contribution in [-0.2, 0) is 19.4 Å². The number of halogens is 1. The van der Waals surface area contributed by atoms with Crippen molar-refractivity contribution in [1.82, 2.24) is 14.9 Å². The lowest BCUT2D eigenvalue weighted by Gasteiger charge is -2.36. The zero-order valence-electron chi connectivity index (χ0n) is 18.2. The van der Waals surface area contributed by atoms with Crippen molar-refractivity contribution in [3.8, 4) is 17.5 Å². The maximum absolute atomic E-state index is 14.4. The molecule has 0 spiro atoms. The van der Waals surface area contributed by atoms with Gasteiger partial charge in [0.25, 0.3) is 0 Å². The van der Waals surface area contributed by atoms with Gasteiger partial charge in [-0.2, -0.15) is 0 Å². The summed E-state index contributed by atoms with van der Waals surface area (Å²) >= 11 is 0. The van der Waals surface area contributed by atoms with E-state index < -0.39 is 15.7 Å². The molecule has 0 aliphatic carbocycles. The van der Waals surface area contributed by atoms with Crippen LogP contribution in [0.2, 0.25) is 0 Å². The van der Waals surface area contributed by atoms with E-state index in [-0.39, 0.29) is 28.9 Å². The second-order valence-electron chi connectivity index (χ2n) is 7.52. The highest BCUT2D eigenvalue weighted by atomic mass is 32.2. The van der Waals surface area contributed by atoms with E-state index in [9.17, 15) is 17.6 Å². The largest absolute Gasteiger partial charge is 0.474 e. The van der Waals surface area contributed by atoms with Gasteiger partial charge in [0.2, 0.25) is 11.8 Å². The first-order valence-electron chi connectivity index (χ1n) is 10.1. The summed E-state index contributed by atoms with van der Waals surface area (Å²) in [6.07, 6.45) is 4.55. The number of hydrogen-bond donors (Lipinski definition) is 0. The van der Waals surface area contributed by atoms with Gasteiger partial charge in [-0.05, 0) is 38.0 Å². The SMILES string of the molecule is COC(CC=O)N1CCC(Oc2ncnc(Oc3ccc(S(C)(=O)=O)cc3F)c2C)CC1. The minimum absolute atomic E-state index is 0.0905. The Hall–Kier alpha value is -2.63. The number of benzene rings is 1. The quantitative estimate of drug-likeness (QED) is 0.514. The molecule has 11 heteroatoms. The van der Waals surface area contributed by atoms with Crippen LogP contribution in [0, 0.1) is 12.7 Å². The minimum atomic E-state index is -3.53. The molecule has 32 heavy (non-hydrogen) atoms. The van der Waals surface area contributed by atoms with Crippen LogP contribution >= 0.6 is 0 Å². The van der Waals surface area contributed by atoms with Crippen molar-refractivity contribution in [2.24, 2.45) is 0 Å². The predicted octanol–water partition coefficient (Wildman–Crippen LogP) is 2.52. The number of likely N-dealkylation sites (tertiary alicyclic amines) is 1. The summed E-state index contributed by atoms with van der Waals surface area (Å²) in [5, 5.41) is 0. The van der Waals surface area contributed by atoms with E-state index in [1.165, 1.54) is 18.5 Å². The Morgan fingerprint density at radius 1 is 1.25 bits per heavy atom. The Balaban J connectivity index is 1.67. The number of piperidine rings is 1. The van der Waals surface area contributed by atoms with Crippen molar-refractivity contribution >= 4 is 16.1 Å². The average Bonchev–Trinajstić information content (AvgIpc) is 2.76. The van der Waals surface area contributed by atoms with Crippen molar-refractivity contribution in [2.45, 2.75) is 43.4 Å². The summed E-state index contributed by atoms with van der Waals surface area (Å²) in [6, 6.07) is 3.42. The molecule has 1 aliphatic heterocycles. The van der Waals surface area contributed by atoms with E-state index >= 15 is 0 Å². The molecule has 1 saturated heterocycles. The first-order valence-corrected chi connectivity index (χ1v) is 12.0. The molecule has 1 fully saturated rings. The Kier molecular flexibility index (Phi) is 7.75. The summed E-state index contributed by atoms with van der Waals surface area (Å²) in [5.74, 6) is -0.523. The fourth-order valence-corrected chi connectivity index (χ4v) is 4.09. The molecule has 1 aromatic heterocycles. The molecule has 0 amide bonds. The predicted molar refractivity (Wildman–Crippen MR) is 113 cm³/mol. The van der Waals surface area contributed by atoms with E-state index in [4.69, 9.17) is 14.2 Å². The minimum Gasteiger partial charge on any atom is -0.474 e. The van der Waals surface area contributed by atoms with Crippen molar-refractivity contribution in [1.29, 1.82) is 0 Å². The van der Waals surface area contributed by atoms with Crippen LogP contribution in [0.3, 0.4) is 0 Å². The summed E-state index contributed by atoms with van der Waals surface area (Å²) in [6.45, 7) is 3.12. The second kappa shape index (κ2) is 10.3. The topological polar surface area (TPSA) is 108 Å². The van der Waals surface area contributed by atoms with Crippen LogP contribution < -0.4 is 9.47 Å². The number of hydrogen-bond acceptors (Lipinski definition) is 9. The molecular weight excluding hydrogens is 441 g/mol. The highest BCUT2D eigenvalue weighted by molar-refractivity contribution is 7.90. The number of aldehydes is 1. The Morgan fingerprint density at radius 2 is 1.94 bits per heavy atom. The van der Waals surface area contributed by atoms with Gasteiger partial charge in [-0.25, -0.2) is 22.8 Å². The summed E-state index contributed by atoms with van der Waals surface area (Å²) in [5.41, 5.74) is 0.497. The van der Waals surface area contributed by atoms with E-state index in [2.05, 4.69) is 14.9 Å². The van der Waals surface area contributed by atoms with Gasteiger partial charge in [0, 0.05) is 32.9 Å². The standard InChI is InChI=1S/C21H26FN3O6S/c1-14-20(30-15-6-9-25(10-7-15)19(29-2)8-11-26)23-13-24-21(14)31-18-5-4-16(12-17(18)22)32(3,27)28/h4-5,11-13,15,19H,6-10H2,1-3H3. The van der Waals surface area contributed by atoms with Crippen molar-refractivity contribution in [3.63, 3.8) is 0 Å². The van der Waals surface area contributed by atoms with Gasteiger partial charge in [-0.3, -0.25) is 4.90 Å². The van der Waals surface area contributed by atoms with Gasteiger partial charge in [0.05, 0.1) is 10.5 Å². The number of aromatic nitrogens is 2. The molecule has 2 aromatic rings. The molecule has 1 aromatic carbocycles. The van der Waals surface area contributed by atoms with Crippen LogP contribution in [-0.4, -0.2) is 68.4 Å². The normalized spacial score (nSPS) is 16.5. The first kappa shape index (κ1) is 24.0. The number of methoxy groups -OCH3 is 1. The molecule has 0 radical (unpaired) electrons. The van der Waals surface area contributed by atoms with Crippen molar-refractivity contribution in [2.75, 3.05) is 26.5 Å². The van der Waals surface area contributed by atoms with Crippen molar-refractivity contribution in [3.05, 3.63) is 35.9 Å². The molecule has 1 atom stereocenters. The van der Waals surface area contributed by atoms with Gasteiger partial charge in [0.15, 0.2) is 21.4 Å². The van der Waals surface area contributed by atoms with Gasteiger partial charge >= 0.3 is 0 Å². The maximum atomic E-state index is 14.4. The highest BCUT2D eigenvalue weighted by Crippen LogP contribution is 2.31. The van der Waals surface area contributed by atoms with Gasteiger partial charge in [0.1, 0.15) is 24.9 Å². The zero-order chi connectivity index (χ0) is 23.3. The number of sulfone groups is 1. The van der Waals surface area contributed by atoms with E-state index in [0.29, 0.717) is 31.0 Å². The van der Waals surface area contributed by atoms with Gasteiger partial charge in [-0.1, -0.05) is 0 Å². The lowest BCUT2D eigenvalue weighted by molar-refractivity contribution is -0.115. The third kappa shape index (κ3) is 5.78. The number of nitrogens with zero attached hydrogens (tertiary/aromatic N) is 3. The van der Waals surface area contributed by atoms with Gasteiger partial charge in [-0.15, -0.1) is 0 Å². The Bertz CT molecular complexity index is 1060. The Labute approximate surface area is 186 Å². The van der Waals surface area contributed by atoms with Crippen LogP contribution in [0.1, 0.15) is 24.8 Å². The van der Waals surface area contributed by atoms with Crippen LogP contribution in [0.4, 0.5) is 4.39 Å². The highest BCUT2D eigenvalue weighted by Gasteiger charge is 2.27. The molecule has 3 rings (SSSR count). The molecule has 0 saturated carbocycles. The summed E-state index contributed by atoms with van der Waals surface area (Å²) < 4.78 is 54.5. The molecule has 174 valence electrons. The summed E-state index contributed by atoms with van der Waals surface area (Å²) in [7, 11) is -1.95. The van der Waals surface area contributed by atoms with Crippen LogP contribution in [0.15, 0.2) is 29.4 Å². The van der Waals surface area contributed by atoms with E-state index in [1.54, 1.807) is 14.0 Å². The van der Waals surface area contributed by atoms with E-state index in [1.807, 2.05) is 0 Å². The lowest BCUT2D eigenvalue weighted by Crippen LogP contribution is -2.45. The number of carbonyl (C=O) groups excluding carboxylic acids is 1. The smallest absolute Gasteiger partial charge is 0.229 e. The molecule has 1 aliphatic rings. The lowest BCUT2D eigenvalue weighted by atomic mass is 10.1. The molecule has 2 heterocycles. The second-order valence-corrected chi connectivity index (χ2v) is 9.54. The third-order valence-electron chi connectivity index (χ3n) is 5.26. The number of rotatable bonds is 9. The Morgan fingerprint density at radius 3 is 2.53 bits per heavy atom. The molecular formula is C21H26FN3O6S. The summed E-state index contributed by atoms with van der Waals surface area (Å²) in [4.78, 5) is 21.0. The maximum Gasteiger partial charge on any atom is 0.229 e. The van der Waals surface area contributed by atoms with E-state index in [0.717, 1.165) is 31.4 Å². The third-order valence-corrected chi connectivity index (χ3v) is 6.37. The molecule has 1 unspecified atom stereocenters. The fraction of sp³-hybridized carbons (Fsp3) is 0.476. The fourth-order valence-electron chi connectivity index (χ4n) is 3.46. The number of ether oxygens (including phenoxy) is 3. The van der Waals surface area contributed by atoms with Crippen LogP contribution in [0.25, 0.3) is 0 Å². The monoisotopic (exact) mass is 467 g/mol. The molecule has 0 bridgehead atoms. The van der Waals surface area contributed by atoms with Crippen LogP contribution in [0.5, 0.6) is 17.5 Å². The first-order chi connectivity index (χ1) is 15.2. The zero-order valence-corrected chi connectivity index (χ0v) is 19.0. The van der Waals surface area contributed by atoms with Crippen molar-refractivity contribution < 1.29 is 31.8 Å². The number of carbonyl (C=O) groups is 1. The molecule has 0 N–H and O–H groups in total. The average molecular weight is 468 g/mol.